The van der Waals surface area contributed by atoms with Gasteiger partial charge in [-0.2, -0.15) is 0 Å². The molecule has 1 amide bonds. The minimum Gasteiger partial charge on any atom is -0.504 e. The smallest absolute Gasteiger partial charge is 0.412 e. The number of rotatable bonds is 7. The van der Waals surface area contributed by atoms with E-state index in [-0.39, 0.29) is 25.1 Å². The first-order chi connectivity index (χ1) is 13.5. The van der Waals surface area contributed by atoms with Crippen LogP contribution < -0.4 is 19.5 Å². The molecular weight excluding hydrogens is 366 g/mol. The highest BCUT2D eigenvalue weighted by atomic mass is 16.7. The molecule has 1 aliphatic heterocycles. The number of benzene rings is 2. The van der Waals surface area contributed by atoms with E-state index in [9.17, 15) is 15.0 Å². The van der Waals surface area contributed by atoms with Crippen molar-refractivity contribution in [2.24, 2.45) is 5.92 Å². The maximum absolute atomic E-state index is 12.5. The lowest BCUT2D eigenvalue weighted by Gasteiger charge is -2.24. The highest BCUT2D eigenvalue weighted by molar-refractivity contribution is 5.85. The molecule has 8 nitrogen and oxygen atoms in total. The van der Waals surface area contributed by atoms with E-state index in [0.717, 1.165) is 0 Å². The number of methoxy groups -OCH3 is 1. The van der Waals surface area contributed by atoms with Crippen LogP contribution in [0.2, 0.25) is 0 Å². The van der Waals surface area contributed by atoms with Gasteiger partial charge in [0.2, 0.25) is 6.79 Å². The van der Waals surface area contributed by atoms with E-state index in [0.29, 0.717) is 34.9 Å². The fourth-order valence-corrected chi connectivity index (χ4v) is 2.99. The van der Waals surface area contributed by atoms with Gasteiger partial charge in [0, 0.05) is 18.4 Å². The maximum Gasteiger partial charge on any atom is 0.412 e. The molecule has 8 heteroatoms. The van der Waals surface area contributed by atoms with Crippen molar-refractivity contribution in [3.05, 3.63) is 42.0 Å². The first kappa shape index (κ1) is 19.6. The third-order valence-electron chi connectivity index (χ3n) is 4.49. The average Bonchev–Trinajstić information content (AvgIpc) is 3.14. The number of phenols is 1. The molecule has 2 atom stereocenters. The third kappa shape index (κ3) is 4.40. The number of nitrogens with one attached hydrogen (secondary N) is 1. The Morgan fingerprint density at radius 3 is 2.71 bits per heavy atom. The van der Waals surface area contributed by atoms with E-state index >= 15 is 0 Å². The summed E-state index contributed by atoms with van der Waals surface area (Å²) in [4.78, 5) is 12.5. The third-order valence-corrected chi connectivity index (χ3v) is 4.49. The number of aromatic hydroxyl groups is 1. The summed E-state index contributed by atoms with van der Waals surface area (Å²) in [6.07, 6.45) is -0.906. The summed E-state index contributed by atoms with van der Waals surface area (Å²) in [5.41, 5.74) is 1.10. The summed E-state index contributed by atoms with van der Waals surface area (Å²) in [7, 11) is 1.45. The summed E-state index contributed by atoms with van der Waals surface area (Å²) in [6, 6.07) is 9.83. The number of carbonyl (C=O) groups excluding carboxylic acids is 1. The van der Waals surface area contributed by atoms with Crippen molar-refractivity contribution >= 4 is 11.8 Å². The fraction of sp³-hybridized carbons (Fsp3) is 0.350. The molecule has 0 aromatic heterocycles. The SMILES string of the molecule is COc1ccc([C@@H](OC(=O)Nc2ccc3c(c2)OCO3)[C@@H](C)CCO)cc1O. The van der Waals surface area contributed by atoms with Crippen molar-refractivity contribution in [1.82, 2.24) is 0 Å². The van der Waals surface area contributed by atoms with Gasteiger partial charge in [0.05, 0.1) is 7.11 Å². The molecule has 0 unspecified atom stereocenters. The molecule has 2 aromatic rings. The molecule has 3 N–H and O–H groups in total. The minimum absolute atomic E-state index is 0.0487. The predicted molar refractivity (Wildman–Crippen MR) is 101 cm³/mol. The highest BCUT2D eigenvalue weighted by Crippen LogP contribution is 2.36. The van der Waals surface area contributed by atoms with Crippen molar-refractivity contribution in [1.29, 1.82) is 0 Å². The molecular formula is C20H23NO7. The van der Waals surface area contributed by atoms with Gasteiger partial charge < -0.3 is 29.2 Å². The van der Waals surface area contributed by atoms with Crippen molar-refractivity contribution in [3.8, 4) is 23.0 Å². The Morgan fingerprint density at radius 2 is 2.00 bits per heavy atom. The first-order valence-electron chi connectivity index (χ1n) is 8.87. The molecule has 0 fully saturated rings. The lowest BCUT2D eigenvalue weighted by Crippen LogP contribution is -2.22. The van der Waals surface area contributed by atoms with Gasteiger partial charge in [-0.05, 0) is 42.2 Å². The monoisotopic (exact) mass is 389 g/mol. The Morgan fingerprint density at radius 1 is 1.21 bits per heavy atom. The van der Waals surface area contributed by atoms with Crippen LogP contribution in [0.1, 0.15) is 25.0 Å². The summed E-state index contributed by atoms with van der Waals surface area (Å²) in [5.74, 6) is 1.24. The van der Waals surface area contributed by atoms with Gasteiger partial charge in [-0.15, -0.1) is 0 Å². The van der Waals surface area contributed by atoms with E-state index in [1.807, 2.05) is 6.92 Å². The molecule has 0 saturated carbocycles. The minimum atomic E-state index is -0.669. The number of hydrogen-bond acceptors (Lipinski definition) is 7. The molecule has 28 heavy (non-hydrogen) atoms. The topological polar surface area (TPSA) is 106 Å². The van der Waals surface area contributed by atoms with Gasteiger partial charge in [-0.25, -0.2) is 4.79 Å². The quantitative estimate of drug-likeness (QED) is 0.666. The number of carbonyl (C=O) groups is 1. The van der Waals surface area contributed by atoms with Gasteiger partial charge >= 0.3 is 6.09 Å². The van der Waals surface area contributed by atoms with Gasteiger partial charge in [-0.3, -0.25) is 5.32 Å². The van der Waals surface area contributed by atoms with Crippen LogP contribution in [-0.2, 0) is 4.74 Å². The fourth-order valence-electron chi connectivity index (χ4n) is 2.99. The van der Waals surface area contributed by atoms with Gasteiger partial charge in [0.15, 0.2) is 23.0 Å². The maximum atomic E-state index is 12.5. The number of amides is 1. The van der Waals surface area contributed by atoms with E-state index < -0.39 is 12.2 Å². The Kier molecular flexibility index (Phi) is 6.10. The van der Waals surface area contributed by atoms with Gasteiger partial charge in [0.25, 0.3) is 0 Å². The molecule has 3 rings (SSSR count). The molecule has 1 aliphatic rings. The molecule has 1 heterocycles. The van der Waals surface area contributed by atoms with E-state index in [4.69, 9.17) is 18.9 Å². The van der Waals surface area contributed by atoms with Crippen LogP contribution in [0.3, 0.4) is 0 Å². The largest absolute Gasteiger partial charge is 0.504 e. The number of anilines is 1. The second-order valence-electron chi connectivity index (χ2n) is 6.44. The lowest BCUT2D eigenvalue weighted by atomic mass is 9.94. The lowest BCUT2D eigenvalue weighted by molar-refractivity contribution is 0.0666. The summed E-state index contributed by atoms with van der Waals surface area (Å²) in [5, 5.41) is 22.0. The second-order valence-corrected chi connectivity index (χ2v) is 6.44. The highest BCUT2D eigenvalue weighted by Gasteiger charge is 2.25. The summed E-state index contributed by atoms with van der Waals surface area (Å²) < 4.78 is 21.2. The van der Waals surface area contributed by atoms with Crippen LogP contribution in [0, 0.1) is 5.92 Å². The Balaban J connectivity index is 1.75. The second kappa shape index (κ2) is 8.71. The number of fused-ring (bicyclic) bond motifs is 1. The van der Waals surface area contributed by atoms with Crippen LogP contribution in [0.25, 0.3) is 0 Å². The van der Waals surface area contributed by atoms with Crippen molar-refractivity contribution < 1.29 is 34.0 Å². The van der Waals surface area contributed by atoms with E-state index in [1.165, 1.54) is 13.2 Å². The molecule has 0 spiro atoms. The number of hydrogen-bond donors (Lipinski definition) is 3. The van der Waals surface area contributed by atoms with Crippen molar-refractivity contribution in [2.75, 3.05) is 25.8 Å². The Labute approximate surface area is 162 Å². The van der Waals surface area contributed by atoms with Gasteiger partial charge in [-0.1, -0.05) is 13.0 Å². The molecule has 0 radical (unpaired) electrons. The number of aliphatic hydroxyl groups is 1. The number of aliphatic hydroxyl groups excluding tert-OH is 1. The molecule has 0 saturated heterocycles. The van der Waals surface area contributed by atoms with E-state index in [2.05, 4.69) is 5.32 Å². The first-order valence-corrected chi connectivity index (χ1v) is 8.87. The molecule has 0 aliphatic carbocycles. The molecule has 0 bridgehead atoms. The average molecular weight is 389 g/mol. The predicted octanol–water partition coefficient (Wildman–Crippen LogP) is 3.44. The standard InChI is InChI=1S/C20H23NO7/c1-12(7-8-22)19(13-3-5-16(25-2)15(23)9-13)28-20(24)21-14-4-6-17-18(10-14)27-11-26-17/h3-6,9-10,12,19,22-23H,7-8,11H2,1-2H3,(H,21,24)/t12-,19-/m0/s1. The number of phenolic OH excluding ortho intramolecular Hbond substituents is 1. The normalized spacial score (nSPS) is 14.2. The van der Waals surface area contributed by atoms with E-state index in [1.54, 1.807) is 30.3 Å². The van der Waals surface area contributed by atoms with Crippen LogP contribution >= 0.6 is 0 Å². The van der Waals surface area contributed by atoms with Crippen LogP contribution in [0.15, 0.2) is 36.4 Å². The van der Waals surface area contributed by atoms with Crippen LogP contribution in [-0.4, -0.2) is 36.8 Å². The van der Waals surface area contributed by atoms with Gasteiger partial charge in [0.1, 0.15) is 6.10 Å². The zero-order valence-electron chi connectivity index (χ0n) is 15.7. The van der Waals surface area contributed by atoms with Crippen molar-refractivity contribution in [3.63, 3.8) is 0 Å². The Bertz CT molecular complexity index is 839. The Hall–Kier alpha value is -3.13. The summed E-state index contributed by atoms with van der Waals surface area (Å²) in [6.45, 7) is 1.95. The number of ether oxygens (including phenoxy) is 4. The van der Waals surface area contributed by atoms with Crippen LogP contribution in [0.5, 0.6) is 23.0 Å². The molecule has 150 valence electrons. The van der Waals surface area contributed by atoms with Crippen LogP contribution in [0.4, 0.5) is 10.5 Å². The molecule has 2 aromatic carbocycles. The van der Waals surface area contributed by atoms with Crippen molar-refractivity contribution in [2.45, 2.75) is 19.4 Å². The zero-order chi connectivity index (χ0) is 20.1. The zero-order valence-corrected chi connectivity index (χ0v) is 15.7. The summed E-state index contributed by atoms with van der Waals surface area (Å²) >= 11 is 0.